The van der Waals surface area contributed by atoms with Gasteiger partial charge in [-0.2, -0.15) is 18.4 Å². The summed E-state index contributed by atoms with van der Waals surface area (Å²) in [6, 6.07) is 5.69. The van der Waals surface area contributed by atoms with Gasteiger partial charge in [0.1, 0.15) is 0 Å². The highest BCUT2D eigenvalue weighted by molar-refractivity contribution is 14.1. The number of hydrogen-bond donors (Lipinski definition) is 0. The summed E-state index contributed by atoms with van der Waals surface area (Å²) in [5.74, 6) is 0. The highest BCUT2D eigenvalue weighted by Crippen LogP contribution is 2.34. The molecule has 0 fully saturated rings. The summed E-state index contributed by atoms with van der Waals surface area (Å²) in [5, 5.41) is 8.40. The summed E-state index contributed by atoms with van der Waals surface area (Å²) in [4.78, 5) is 0. The van der Waals surface area contributed by atoms with Gasteiger partial charge in [0.15, 0.2) is 0 Å². The number of alkyl halides is 3. The maximum Gasteiger partial charge on any atom is 0.417 e. The zero-order valence-corrected chi connectivity index (χ0v) is 9.06. The van der Waals surface area contributed by atoms with Gasteiger partial charge < -0.3 is 0 Å². The SMILES string of the molecule is N#CCc1cccc(C(F)(F)F)c1I. The molecule has 0 aliphatic carbocycles. The third-order valence-corrected chi connectivity index (χ3v) is 2.93. The molecule has 0 bridgehead atoms. The van der Waals surface area contributed by atoms with E-state index in [1.165, 1.54) is 12.1 Å². The Morgan fingerprint density at radius 1 is 1.36 bits per heavy atom. The fourth-order valence-corrected chi connectivity index (χ4v) is 1.88. The molecule has 0 saturated carbocycles. The molecule has 0 spiro atoms. The van der Waals surface area contributed by atoms with Gasteiger partial charge in [-0.15, -0.1) is 0 Å². The highest BCUT2D eigenvalue weighted by Gasteiger charge is 2.33. The minimum absolute atomic E-state index is 0.00218. The Morgan fingerprint density at radius 3 is 2.50 bits per heavy atom. The first-order valence-electron chi connectivity index (χ1n) is 3.68. The van der Waals surface area contributed by atoms with Crippen LogP contribution in [-0.2, 0) is 12.6 Å². The van der Waals surface area contributed by atoms with Gasteiger partial charge in [-0.25, -0.2) is 0 Å². The van der Waals surface area contributed by atoms with Crippen LogP contribution in [-0.4, -0.2) is 0 Å². The highest BCUT2D eigenvalue weighted by atomic mass is 127. The first kappa shape index (κ1) is 11.3. The maximum atomic E-state index is 12.4. The van der Waals surface area contributed by atoms with Crippen molar-refractivity contribution in [3.8, 4) is 6.07 Å². The van der Waals surface area contributed by atoms with E-state index in [9.17, 15) is 13.2 Å². The van der Waals surface area contributed by atoms with E-state index in [1.54, 1.807) is 22.6 Å². The number of rotatable bonds is 1. The Bertz CT molecular complexity index is 379. The molecule has 1 aromatic carbocycles. The average molecular weight is 311 g/mol. The van der Waals surface area contributed by atoms with Gasteiger partial charge in [-0.1, -0.05) is 12.1 Å². The van der Waals surface area contributed by atoms with E-state index >= 15 is 0 Å². The molecule has 74 valence electrons. The molecule has 0 radical (unpaired) electrons. The second-order valence-corrected chi connectivity index (χ2v) is 3.69. The molecule has 0 aliphatic heterocycles. The molecule has 0 heterocycles. The molecule has 0 saturated heterocycles. The smallest absolute Gasteiger partial charge is 0.198 e. The van der Waals surface area contributed by atoms with E-state index in [-0.39, 0.29) is 9.99 Å². The van der Waals surface area contributed by atoms with Crippen molar-refractivity contribution in [3.63, 3.8) is 0 Å². The quantitative estimate of drug-likeness (QED) is 0.730. The van der Waals surface area contributed by atoms with Crippen LogP contribution in [0.1, 0.15) is 11.1 Å². The molecular weight excluding hydrogens is 306 g/mol. The lowest BCUT2D eigenvalue weighted by molar-refractivity contribution is -0.138. The largest absolute Gasteiger partial charge is 0.417 e. The maximum absolute atomic E-state index is 12.4. The van der Waals surface area contributed by atoms with Crippen molar-refractivity contribution in [1.29, 1.82) is 5.26 Å². The van der Waals surface area contributed by atoms with Crippen LogP contribution in [0.5, 0.6) is 0 Å². The molecular formula is C9H5F3IN. The van der Waals surface area contributed by atoms with Crippen molar-refractivity contribution in [1.82, 2.24) is 0 Å². The van der Waals surface area contributed by atoms with Gasteiger partial charge >= 0.3 is 6.18 Å². The summed E-state index contributed by atoms with van der Waals surface area (Å²) in [5.41, 5.74) is -0.256. The van der Waals surface area contributed by atoms with Crippen LogP contribution >= 0.6 is 22.6 Å². The van der Waals surface area contributed by atoms with Crippen molar-refractivity contribution in [2.75, 3.05) is 0 Å². The number of hydrogen-bond acceptors (Lipinski definition) is 1. The summed E-state index contributed by atoms with van der Waals surface area (Å²) < 4.78 is 37.3. The van der Waals surface area contributed by atoms with E-state index in [0.29, 0.717) is 5.56 Å². The molecule has 0 aromatic heterocycles. The topological polar surface area (TPSA) is 23.8 Å². The molecule has 5 heteroatoms. The number of benzene rings is 1. The molecule has 0 aliphatic rings. The molecule has 0 unspecified atom stereocenters. The van der Waals surface area contributed by atoms with E-state index in [2.05, 4.69) is 0 Å². The van der Waals surface area contributed by atoms with Crippen molar-refractivity contribution >= 4 is 22.6 Å². The Balaban J connectivity index is 3.22. The molecule has 0 amide bonds. The first-order valence-corrected chi connectivity index (χ1v) is 4.76. The number of nitrogens with zero attached hydrogens (tertiary/aromatic N) is 1. The minimum Gasteiger partial charge on any atom is -0.198 e. The lowest BCUT2D eigenvalue weighted by atomic mass is 10.1. The van der Waals surface area contributed by atoms with Crippen molar-refractivity contribution in [3.05, 3.63) is 32.9 Å². The molecule has 1 rings (SSSR count). The van der Waals surface area contributed by atoms with Crippen molar-refractivity contribution < 1.29 is 13.2 Å². The Labute approximate surface area is 92.7 Å². The molecule has 1 aromatic rings. The molecule has 14 heavy (non-hydrogen) atoms. The number of nitriles is 1. The third-order valence-electron chi connectivity index (χ3n) is 1.65. The zero-order valence-electron chi connectivity index (χ0n) is 6.90. The standard InChI is InChI=1S/C9H5F3IN/c10-9(11,12)7-3-1-2-6(4-5-14)8(7)13/h1-3H,4H2. The Hall–Kier alpha value is -0.770. The first-order chi connectivity index (χ1) is 6.46. The van der Waals surface area contributed by atoms with Gasteiger partial charge in [0.2, 0.25) is 0 Å². The average Bonchev–Trinajstić information content (AvgIpc) is 2.07. The minimum atomic E-state index is -4.35. The summed E-state index contributed by atoms with van der Waals surface area (Å²) in [6.07, 6.45) is -4.34. The van der Waals surface area contributed by atoms with Gasteiger partial charge in [0.05, 0.1) is 18.1 Å². The fourth-order valence-electron chi connectivity index (χ4n) is 1.02. The van der Waals surface area contributed by atoms with Crippen LogP contribution in [0.4, 0.5) is 13.2 Å². The Kier molecular flexibility index (Phi) is 3.37. The second-order valence-electron chi connectivity index (χ2n) is 2.61. The van der Waals surface area contributed by atoms with E-state index in [1.807, 2.05) is 6.07 Å². The lowest BCUT2D eigenvalue weighted by Crippen LogP contribution is -2.08. The summed E-state index contributed by atoms with van der Waals surface area (Å²) in [7, 11) is 0. The third kappa shape index (κ3) is 2.38. The normalized spacial score (nSPS) is 11.1. The van der Waals surface area contributed by atoms with Crippen LogP contribution in [0.25, 0.3) is 0 Å². The molecule has 1 nitrogen and oxygen atoms in total. The van der Waals surface area contributed by atoms with Crippen molar-refractivity contribution in [2.24, 2.45) is 0 Å². The van der Waals surface area contributed by atoms with Gasteiger partial charge in [0, 0.05) is 3.57 Å². The van der Waals surface area contributed by atoms with Crippen LogP contribution in [0.15, 0.2) is 18.2 Å². The van der Waals surface area contributed by atoms with Gasteiger partial charge in [-0.3, -0.25) is 0 Å². The molecule has 0 N–H and O–H groups in total. The van der Waals surface area contributed by atoms with Crippen LogP contribution in [0.3, 0.4) is 0 Å². The molecule has 0 atom stereocenters. The van der Waals surface area contributed by atoms with Crippen molar-refractivity contribution in [2.45, 2.75) is 12.6 Å². The van der Waals surface area contributed by atoms with Crippen LogP contribution < -0.4 is 0 Å². The monoisotopic (exact) mass is 311 g/mol. The zero-order chi connectivity index (χ0) is 10.8. The predicted molar refractivity (Wildman–Crippen MR) is 53.5 cm³/mol. The number of halogens is 4. The predicted octanol–water partition coefficient (Wildman–Crippen LogP) is 3.38. The van der Waals surface area contributed by atoms with Gasteiger partial charge in [-0.05, 0) is 34.2 Å². The van der Waals surface area contributed by atoms with Crippen LogP contribution in [0.2, 0.25) is 0 Å². The second kappa shape index (κ2) is 4.17. The van der Waals surface area contributed by atoms with Crippen LogP contribution in [0, 0.1) is 14.9 Å². The van der Waals surface area contributed by atoms with Gasteiger partial charge in [0.25, 0.3) is 0 Å². The van der Waals surface area contributed by atoms with E-state index < -0.39 is 11.7 Å². The van der Waals surface area contributed by atoms with E-state index in [0.717, 1.165) is 6.07 Å². The summed E-state index contributed by atoms with van der Waals surface area (Å²) in [6.45, 7) is 0. The summed E-state index contributed by atoms with van der Waals surface area (Å²) >= 11 is 1.62. The van der Waals surface area contributed by atoms with E-state index in [4.69, 9.17) is 5.26 Å². The lowest BCUT2D eigenvalue weighted by Gasteiger charge is -2.10. The Morgan fingerprint density at radius 2 is 2.00 bits per heavy atom. The fraction of sp³-hybridized carbons (Fsp3) is 0.222.